The van der Waals surface area contributed by atoms with Gasteiger partial charge < -0.3 is 0 Å². The summed E-state index contributed by atoms with van der Waals surface area (Å²) in [6.45, 7) is 5.37. The van der Waals surface area contributed by atoms with E-state index < -0.39 is 21.3 Å². The molecule has 1 fully saturated rings. The number of carbonyl (C=O) groups excluding carboxylic acids is 1. The number of thiophene rings is 1. The summed E-state index contributed by atoms with van der Waals surface area (Å²) in [4.78, 5) is 12.2. The number of amides is 1. The summed E-state index contributed by atoms with van der Waals surface area (Å²) in [5.74, 6) is -0.114. The maximum Gasteiger partial charge on any atom is 0.273 e. The lowest BCUT2D eigenvalue weighted by Gasteiger charge is -2.38. The molecule has 4 nitrogen and oxygen atoms in total. The molecule has 0 aromatic carbocycles. The molecule has 0 bridgehead atoms. The number of carbonyl (C=O) groups is 1. The Kier molecular flexibility index (Phi) is 3.75. The lowest BCUT2D eigenvalue weighted by molar-refractivity contribution is -0.132. The van der Waals surface area contributed by atoms with E-state index in [9.17, 15) is 13.2 Å². The zero-order valence-corrected chi connectivity index (χ0v) is 13.0. The van der Waals surface area contributed by atoms with Crippen LogP contribution in [0.2, 0.25) is 0 Å². The molecule has 1 amide bonds. The van der Waals surface area contributed by atoms with E-state index in [4.69, 9.17) is 0 Å². The van der Waals surface area contributed by atoms with Crippen LogP contribution in [0.25, 0.3) is 0 Å². The zero-order valence-electron chi connectivity index (χ0n) is 11.4. The third kappa shape index (κ3) is 2.69. The van der Waals surface area contributed by atoms with Crippen LogP contribution in [0.3, 0.4) is 0 Å². The van der Waals surface area contributed by atoms with Gasteiger partial charge in [-0.3, -0.25) is 4.79 Å². The van der Waals surface area contributed by atoms with Crippen molar-refractivity contribution >= 4 is 27.3 Å². The van der Waals surface area contributed by atoms with Crippen LogP contribution in [0.4, 0.5) is 0 Å². The average molecular weight is 301 g/mol. The molecule has 1 aliphatic rings. The fraction of sp³-hybridized carbons (Fsp3) is 0.615. The van der Waals surface area contributed by atoms with Gasteiger partial charge in [0.15, 0.2) is 0 Å². The second-order valence-corrected chi connectivity index (χ2v) is 8.47. The molecule has 19 heavy (non-hydrogen) atoms. The molecule has 1 saturated carbocycles. The third-order valence-electron chi connectivity index (χ3n) is 4.00. The summed E-state index contributed by atoms with van der Waals surface area (Å²) in [6.07, 6.45) is 3.12. The van der Waals surface area contributed by atoms with Gasteiger partial charge in [-0.2, -0.15) is 0 Å². The van der Waals surface area contributed by atoms with E-state index in [0.29, 0.717) is 5.56 Å². The monoisotopic (exact) mass is 301 g/mol. The van der Waals surface area contributed by atoms with Crippen LogP contribution in [0.1, 0.15) is 38.7 Å². The minimum atomic E-state index is -3.73. The summed E-state index contributed by atoms with van der Waals surface area (Å²) in [5, 5.41) is 1.71. The lowest BCUT2D eigenvalue weighted by atomic mass is 9.67. The Morgan fingerprint density at radius 3 is 2.47 bits per heavy atom. The van der Waals surface area contributed by atoms with Crippen molar-refractivity contribution in [2.45, 2.75) is 44.2 Å². The number of hydrogen-bond donors (Lipinski definition) is 1. The minimum Gasteiger partial charge on any atom is -0.273 e. The largest absolute Gasteiger partial charge is 0.273 e. The number of sulfonamides is 1. The Balaban J connectivity index is 2.17. The van der Waals surface area contributed by atoms with E-state index in [1.165, 1.54) is 0 Å². The third-order valence-corrected chi connectivity index (χ3v) is 7.02. The van der Waals surface area contributed by atoms with Gasteiger partial charge in [-0.05, 0) is 42.7 Å². The standard InChI is InChI=1S/C13H19NO3S2/c1-9-7-8-18-11(9)19(16,17)14-12(15)13(2,3)10-5-4-6-10/h7-8,10H,4-6H2,1-3H3,(H,14,15). The van der Waals surface area contributed by atoms with Crippen molar-refractivity contribution in [2.24, 2.45) is 11.3 Å². The number of rotatable bonds is 4. The summed E-state index contributed by atoms with van der Waals surface area (Å²) >= 11 is 1.13. The first-order valence-electron chi connectivity index (χ1n) is 6.36. The molecule has 0 spiro atoms. The smallest absolute Gasteiger partial charge is 0.273 e. The van der Waals surface area contributed by atoms with Gasteiger partial charge in [0.25, 0.3) is 10.0 Å². The molecule has 106 valence electrons. The molecule has 0 radical (unpaired) electrons. The maximum absolute atomic E-state index is 12.2. The Bertz CT molecular complexity index is 583. The molecular weight excluding hydrogens is 282 g/mol. The van der Waals surface area contributed by atoms with Gasteiger partial charge >= 0.3 is 0 Å². The van der Waals surface area contributed by atoms with Crippen LogP contribution in [-0.2, 0) is 14.8 Å². The van der Waals surface area contributed by atoms with Crippen LogP contribution >= 0.6 is 11.3 Å². The fourth-order valence-electron chi connectivity index (χ4n) is 2.25. The molecule has 1 N–H and O–H groups in total. The number of aryl methyl sites for hydroxylation is 1. The Morgan fingerprint density at radius 2 is 2.05 bits per heavy atom. The Morgan fingerprint density at radius 1 is 1.42 bits per heavy atom. The normalized spacial score (nSPS) is 17.0. The molecule has 2 rings (SSSR count). The molecule has 0 unspecified atom stereocenters. The molecule has 6 heteroatoms. The highest BCUT2D eigenvalue weighted by Gasteiger charge is 2.41. The van der Waals surface area contributed by atoms with Crippen LogP contribution in [-0.4, -0.2) is 14.3 Å². The van der Waals surface area contributed by atoms with Gasteiger partial charge in [-0.25, -0.2) is 13.1 Å². The van der Waals surface area contributed by atoms with Gasteiger partial charge in [-0.1, -0.05) is 20.3 Å². The highest BCUT2D eigenvalue weighted by molar-refractivity contribution is 7.92. The molecule has 0 aliphatic heterocycles. The second kappa shape index (κ2) is 4.90. The van der Waals surface area contributed by atoms with Gasteiger partial charge in [0.2, 0.25) is 5.91 Å². The average Bonchev–Trinajstić information content (AvgIpc) is 2.60. The van der Waals surface area contributed by atoms with Crippen molar-refractivity contribution in [1.29, 1.82) is 0 Å². The summed E-state index contributed by atoms with van der Waals surface area (Å²) < 4.78 is 26.8. The van der Waals surface area contributed by atoms with E-state index >= 15 is 0 Å². The molecule has 1 aromatic rings. The van der Waals surface area contributed by atoms with E-state index in [-0.39, 0.29) is 10.1 Å². The van der Waals surface area contributed by atoms with E-state index in [0.717, 1.165) is 30.6 Å². The highest BCUT2D eigenvalue weighted by Crippen LogP contribution is 2.42. The number of hydrogen-bond acceptors (Lipinski definition) is 4. The molecule has 0 atom stereocenters. The Hall–Kier alpha value is -0.880. The number of nitrogens with one attached hydrogen (secondary N) is 1. The quantitative estimate of drug-likeness (QED) is 0.930. The van der Waals surface area contributed by atoms with Gasteiger partial charge in [0.05, 0.1) is 0 Å². The molecule has 1 heterocycles. The highest BCUT2D eigenvalue weighted by atomic mass is 32.2. The van der Waals surface area contributed by atoms with Crippen LogP contribution in [0.5, 0.6) is 0 Å². The molecular formula is C13H19NO3S2. The lowest BCUT2D eigenvalue weighted by Crippen LogP contribution is -2.46. The zero-order chi connectivity index (χ0) is 14.3. The van der Waals surface area contributed by atoms with Crippen LogP contribution < -0.4 is 4.72 Å². The van der Waals surface area contributed by atoms with E-state index in [2.05, 4.69) is 4.72 Å². The second-order valence-electron chi connectivity index (χ2n) is 5.68. The predicted octanol–water partition coefficient (Wildman–Crippen LogP) is 2.69. The minimum absolute atomic E-state index is 0.227. The van der Waals surface area contributed by atoms with E-state index in [1.807, 2.05) is 13.8 Å². The molecule has 1 aromatic heterocycles. The predicted molar refractivity (Wildman–Crippen MR) is 75.5 cm³/mol. The molecule has 1 aliphatic carbocycles. The van der Waals surface area contributed by atoms with Gasteiger partial charge in [-0.15, -0.1) is 11.3 Å². The van der Waals surface area contributed by atoms with Gasteiger partial charge in [0.1, 0.15) is 4.21 Å². The van der Waals surface area contributed by atoms with Crippen molar-refractivity contribution in [3.8, 4) is 0 Å². The summed E-state index contributed by atoms with van der Waals surface area (Å²) in [6, 6.07) is 1.74. The first kappa shape index (κ1) is 14.5. The molecule has 0 saturated heterocycles. The van der Waals surface area contributed by atoms with Crippen LogP contribution in [0, 0.1) is 18.3 Å². The van der Waals surface area contributed by atoms with Crippen molar-refractivity contribution in [1.82, 2.24) is 4.72 Å². The topological polar surface area (TPSA) is 63.2 Å². The van der Waals surface area contributed by atoms with Crippen molar-refractivity contribution < 1.29 is 13.2 Å². The van der Waals surface area contributed by atoms with Crippen molar-refractivity contribution in [3.05, 3.63) is 17.0 Å². The van der Waals surface area contributed by atoms with Crippen molar-refractivity contribution in [3.63, 3.8) is 0 Å². The first-order valence-corrected chi connectivity index (χ1v) is 8.73. The van der Waals surface area contributed by atoms with Gasteiger partial charge in [0, 0.05) is 5.41 Å². The first-order chi connectivity index (χ1) is 8.75. The summed E-state index contributed by atoms with van der Waals surface area (Å²) in [5.41, 5.74) is 0.0444. The fourth-order valence-corrected chi connectivity index (χ4v) is 4.79. The van der Waals surface area contributed by atoms with Crippen molar-refractivity contribution in [2.75, 3.05) is 0 Å². The summed E-state index contributed by atoms with van der Waals surface area (Å²) in [7, 11) is -3.73. The van der Waals surface area contributed by atoms with E-state index in [1.54, 1.807) is 18.4 Å². The maximum atomic E-state index is 12.2. The Labute approximate surface area is 118 Å². The van der Waals surface area contributed by atoms with Crippen LogP contribution in [0.15, 0.2) is 15.7 Å². The SMILES string of the molecule is Cc1ccsc1S(=O)(=O)NC(=O)C(C)(C)C1CCC1.